The Morgan fingerprint density at radius 1 is 0.812 bits per heavy atom. The largest absolute Gasteiger partial charge is 0.0991 e. The highest BCUT2D eigenvalue weighted by Crippen LogP contribution is 1.86. The van der Waals surface area contributed by atoms with E-state index in [0.717, 1.165) is 0 Å². The Labute approximate surface area is 107 Å². The van der Waals surface area contributed by atoms with Crippen LogP contribution in [0.25, 0.3) is 0 Å². The van der Waals surface area contributed by atoms with Crippen LogP contribution < -0.4 is 0 Å². The van der Waals surface area contributed by atoms with Crippen molar-refractivity contribution < 1.29 is 0 Å². The highest BCUT2D eigenvalue weighted by molar-refractivity contribution is 4.96. The third-order valence-corrected chi connectivity index (χ3v) is 0.728. The van der Waals surface area contributed by atoms with Crippen LogP contribution in [0.15, 0.2) is 24.8 Å². The molecule has 0 atom stereocenters. The zero-order valence-corrected chi connectivity index (χ0v) is 13.6. The first kappa shape index (κ1) is 29.6. The molecule has 0 aliphatic rings. The van der Waals surface area contributed by atoms with Gasteiger partial charge < -0.3 is 0 Å². The summed E-state index contributed by atoms with van der Waals surface area (Å²) in [6.45, 7) is 22.0. The Morgan fingerprint density at radius 3 is 1.31 bits per heavy atom. The Bertz CT molecular complexity index is 70.1. The Hall–Kier alpha value is -0.520. The summed E-state index contributed by atoms with van der Waals surface area (Å²) in [5, 5.41) is 0. The van der Waals surface area contributed by atoms with E-state index in [1.54, 1.807) is 6.08 Å². The summed E-state index contributed by atoms with van der Waals surface area (Å²) in [5.41, 5.74) is 0. The van der Waals surface area contributed by atoms with Crippen molar-refractivity contribution in [1.29, 1.82) is 0 Å². The van der Waals surface area contributed by atoms with E-state index in [1.165, 1.54) is 19.3 Å². The van der Waals surface area contributed by atoms with Gasteiger partial charge in [-0.15, -0.1) is 0 Å². The summed E-state index contributed by atoms with van der Waals surface area (Å²) in [6.07, 6.45) is 9.54. The lowest BCUT2D eigenvalue weighted by Gasteiger charge is -1.77. The van der Waals surface area contributed by atoms with E-state index < -0.39 is 0 Å². The molecule has 0 N–H and O–H groups in total. The molecular formula is C16H38. The Kier molecular flexibility index (Phi) is 162. The van der Waals surface area contributed by atoms with Gasteiger partial charge in [0.1, 0.15) is 0 Å². The minimum absolute atomic E-state index is 1.17. The fourth-order valence-electron chi connectivity index (χ4n) is 0.359. The van der Waals surface area contributed by atoms with Gasteiger partial charge in [0.05, 0.1) is 0 Å². The average molecular weight is 230 g/mol. The molecule has 0 aromatic heterocycles. The lowest BCUT2D eigenvalue weighted by Crippen LogP contribution is -1.56. The zero-order chi connectivity index (χ0) is 14.2. The highest BCUT2D eigenvalue weighted by atomic mass is 13.7. The number of rotatable bonds is 3. The Balaban J connectivity index is -0.0000000379. The molecule has 0 saturated carbocycles. The van der Waals surface area contributed by atoms with Gasteiger partial charge in [0.25, 0.3) is 0 Å². The molecule has 0 unspecified atom stereocenters. The maximum absolute atomic E-state index is 3.55. The van der Waals surface area contributed by atoms with Crippen molar-refractivity contribution >= 4 is 0 Å². The van der Waals surface area contributed by atoms with Crippen LogP contribution in [-0.4, -0.2) is 0 Å². The summed E-state index contributed by atoms with van der Waals surface area (Å²) in [4.78, 5) is 0. The minimum atomic E-state index is 1.17. The van der Waals surface area contributed by atoms with Crippen molar-refractivity contribution in [1.82, 2.24) is 0 Å². The first-order valence-corrected chi connectivity index (χ1v) is 7.10. The summed E-state index contributed by atoms with van der Waals surface area (Å²) < 4.78 is 0. The fourth-order valence-corrected chi connectivity index (χ4v) is 0.359. The second kappa shape index (κ2) is 87.6. The molecule has 0 heterocycles. The monoisotopic (exact) mass is 230 g/mol. The highest BCUT2D eigenvalue weighted by Gasteiger charge is 1.66. The van der Waals surface area contributed by atoms with E-state index in [2.05, 4.69) is 33.4 Å². The van der Waals surface area contributed by atoms with Crippen molar-refractivity contribution in [3.63, 3.8) is 0 Å². The lowest BCUT2D eigenvalue weighted by atomic mass is 10.3. The molecule has 0 aliphatic heterocycles. The van der Waals surface area contributed by atoms with Gasteiger partial charge >= 0.3 is 0 Å². The van der Waals surface area contributed by atoms with Gasteiger partial charge in [-0.3, -0.25) is 0 Å². The van der Waals surface area contributed by atoms with Crippen LogP contribution in [0.2, 0.25) is 0 Å². The van der Waals surface area contributed by atoms with Crippen LogP contribution in [0.5, 0.6) is 0 Å². The maximum atomic E-state index is 3.55. The molecule has 0 bridgehead atoms. The molecule has 0 aromatic carbocycles. The van der Waals surface area contributed by atoms with Crippen LogP contribution >= 0.6 is 0 Å². The lowest BCUT2D eigenvalue weighted by molar-refractivity contribution is 0.959. The van der Waals surface area contributed by atoms with Crippen molar-refractivity contribution in [2.75, 3.05) is 0 Å². The maximum Gasteiger partial charge on any atom is -0.0350 e. The second-order valence-electron chi connectivity index (χ2n) is 2.16. The number of hydrogen-bond acceptors (Lipinski definition) is 0. The standard InChI is InChI=1S/C7H12.C3H8.3C2H6/c1-3-5-7-6-4-2;1-3-2;3*1-2/h3,5,7H,1,4,6H2,2H3;3H2,1-2H3;3*1-2H3/b7-5-;;;;. The van der Waals surface area contributed by atoms with E-state index in [-0.39, 0.29) is 0 Å². The number of allylic oxidation sites excluding steroid dienone is 3. The van der Waals surface area contributed by atoms with Gasteiger partial charge in [0.2, 0.25) is 0 Å². The minimum Gasteiger partial charge on any atom is -0.0991 e. The van der Waals surface area contributed by atoms with Crippen molar-refractivity contribution in [2.24, 2.45) is 0 Å². The molecule has 0 spiro atoms. The van der Waals surface area contributed by atoms with Crippen molar-refractivity contribution in [3.8, 4) is 0 Å². The topological polar surface area (TPSA) is 0 Å². The normalized spacial score (nSPS) is 6.56. The summed E-state index contributed by atoms with van der Waals surface area (Å²) >= 11 is 0. The van der Waals surface area contributed by atoms with E-state index in [1.807, 2.05) is 47.6 Å². The fraction of sp³-hybridized carbons (Fsp3) is 0.750. The third kappa shape index (κ3) is 173. The van der Waals surface area contributed by atoms with Crippen LogP contribution in [0, 0.1) is 0 Å². The molecule has 0 aromatic rings. The van der Waals surface area contributed by atoms with Crippen LogP contribution in [-0.2, 0) is 0 Å². The van der Waals surface area contributed by atoms with Gasteiger partial charge in [-0.25, -0.2) is 0 Å². The van der Waals surface area contributed by atoms with Crippen LogP contribution in [0.1, 0.15) is 81.6 Å². The summed E-state index contributed by atoms with van der Waals surface area (Å²) in [6, 6.07) is 0. The molecule has 0 rings (SSSR count). The summed E-state index contributed by atoms with van der Waals surface area (Å²) in [5.74, 6) is 0. The summed E-state index contributed by atoms with van der Waals surface area (Å²) in [7, 11) is 0. The van der Waals surface area contributed by atoms with Gasteiger partial charge in [-0.05, 0) is 6.42 Å². The zero-order valence-electron chi connectivity index (χ0n) is 13.6. The molecule has 0 saturated heterocycles. The predicted molar refractivity (Wildman–Crippen MR) is 84.3 cm³/mol. The van der Waals surface area contributed by atoms with Crippen LogP contribution in [0.3, 0.4) is 0 Å². The third-order valence-electron chi connectivity index (χ3n) is 0.728. The van der Waals surface area contributed by atoms with E-state index in [0.29, 0.717) is 0 Å². The molecule has 0 amide bonds. The molecule has 102 valence electrons. The van der Waals surface area contributed by atoms with E-state index in [9.17, 15) is 0 Å². The predicted octanol–water partition coefficient (Wildman–Crippen LogP) is 7.02. The van der Waals surface area contributed by atoms with Gasteiger partial charge in [-0.1, -0.05) is 100.0 Å². The molecule has 0 nitrogen and oxygen atoms in total. The smallest absolute Gasteiger partial charge is 0.0350 e. The first-order valence-electron chi connectivity index (χ1n) is 7.10. The quantitative estimate of drug-likeness (QED) is 0.457. The molecule has 0 radical (unpaired) electrons. The van der Waals surface area contributed by atoms with Crippen molar-refractivity contribution in [2.45, 2.75) is 81.6 Å². The molecule has 0 aliphatic carbocycles. The molecule has 0 fully saturated rings. The van der Waals surface area contributed by atoms with E-state index in [4.69, 9.17) is 0 Å². The number of hydrogen-bond donors (Lipinski definition) is 0. The molecule has 0 heteroatoms. The molecular weight excluding hydrogens is 192 g/mol. The van der Waals surface area contributed by atoms with Gasteiger partial charge in [-0.2, -0.15) is 0 Å². The van der Waals surface area contributed by atoms with Gasteiger partial charge in [0, 0.05) is 0 Å². The van der Waals surface area contributed by atoms with Crippen LogP contribution in [0.4, 0.5) is 0 Å². The Morgan fingerprint density at radius 2 is 1.12 bits per heavy atom. The average Bonchev–Trinajstić information content (AvgIpc) is 2.38. The SMILES string of the molecule is C=C/C=C\CCC.CC.CC.CC.CCC. The second-order valence-corrected chi connectivity index (χ2v) is 2.16. The van der Waals surface area contributed by atoms with Crippen molar-refractivity contribution in [3.05, 3.63) is 24.8 Å². The molecule has 16 heavy (non-hydrogen) atoms. The number of unbranched alkanes of at least 4 members (excludes halogenated alkanes) is 1. The van der Waals surface area contributed by atoms with Gasteiger partial charge in [0.15, 0.2) is 0 Å². The van der Waals surface area contributed by atoms with E-state index >= 15 is 0 Å². The first-order chi connectivity index (χ1) is 7.83.